The highest BCUT2D eigenvalue weighted by atomic mass is 16.5. The average molecular weight is 425 g/mol. The number of ether oxygens (including phenoxy) is 1. The van der Waals surface area contributed by atoms with Crippen molar-refractivity contribution in [1.82, 2.24) is 10.3 Å². The number of unbranched alkanes of at least 4 members (excludes halogenated alkanes) is 1. The molecule has 0 aliphatic rings. The van der Waals surface area contributed by atoms with Crippen LogP contribution in [0.3, 0.4) is 0 Å². The summed E-state index contributed by atoms with van der Waals surface area (Å²) in [6.07, 6.45) is 11.1. The standard InChI is InChI=1S/C26H40N4O/c1-8-11-13-24(21(6)27)20(5)25(30-18-22(9-2)17-28-7)16-19(4)23-14-12-15-29-26(23)31-10-3/h12-17,22,27,30H,8-11,18H2,1-7H3/b19-16+,24-13-,25-20+,27-21?,28-17?. The van der Waals surface area contributed by atoms with Gasteiger partial charge in [0.2, 0.25) is 5.88 Å². The maximum atomic E-state index is 8.31. The van der Waals surface area contributed by atoms with Crippen LogP contribution in [-0.4, -0.2) is 37.1 Å². The molecule has 0 spiro atoms. The molecule has 2 N–H and O–H groups in total. The first-order chi connectivity index (χ1) is 14.9. The lowest BCUT2D eigenvalue weighted by atomic mass is 9.97. The van der Waals surface area contributed by atoms with Crippen LogP contribution in [0.1, 0.15) is 66.4 Å². The molecule has 5 heteroatoms. The highest BCUT2D eigenvalue weighted by Crippen LogP contribution is 2.26. The predicted molar refractivity (Wildman–Crippen MR) is 134 cm³/mol. The summed E-state index contributed by atoms with van der Waals surface area (Å²) in [7, 11) is 1.82. The van der Waals surface area contributed by atoms with Crippen LogP contribution >= 0.6 is 0 Å². The van der Waals surface area contributed by atoms with E-state index in [4.69, 9.17) is 10.1 Å². The van der Waals surface area contributed by atoms with Crippen molar-refractivity contribution in [2.75, 3.05) is 20.2 Å². The topological polar surface area (TPSA) is 70.4 Å². The van der Waals surface area contributed by atoms with Gasteiger partial charge in [0.25, 0.3) is 0 Å². The van der Waals surface area contributed by atoms with E-state index in [1.165, 1.54) is 0 Å². The zero-order chi connectivity index (χ0) is 23.2. The molecule has 1 unspecified atom stereocenters. The zero-order valence-corrected chi connectivity index (χ0v) is 20.4. The number of nitrogens with zero attached hydrogens (tertiary/aromatic N) is 2. The Morgan fingerprint density at radius 3 is 2.58 bits per heavy atom. The summed E-state index contributed by atoms with van der Waals surface area (Å²) >= 11 is 0. The molecule has 0 radical (unpaired) electrons. The van der Waals surface area contributed by atoms with Gasteiger partial charge in [-0.3, -0.25) is 0 Å². The van der Waals surface area contributed by atoms with Crippen molar-refractivity contribution in [2.24, 2.45) is 10.9 Å². The molecule has 5 nitrogen and oxygen atoms in total. The Morgan fingerprint density at radius 1 is 1.26 bits per heavy atom. The molecule has 1 heterocycles. The Kier molecular flexibility index (Phi) is 12.2. The van der Waals surface area contributed by atoms with Crippen molar-refractivity contribution < 1.29 is 4.74 Å². The summed E-state index contributed by atoms with van der Waals surface area (Å²) in [5, 5.41) is 11.9. The molecule has 170 valence electrons. The van der Waals surface area contributed by atoms with Gasteiger partial charge in [0.15, 0.2) is 0 Å². The van der Waals surface area contributed by atoms with Gasteiger partial charge in [-0.15, -0.1) is 0 Å². The van der Waals surface area contributed by atoms with Gasteiger partial charge in [0.1, 0.15) is 0 Å². The maximum absolute atomic E-state index is 8.31. The predicted octanol–water partition coefficient (Wildman–Crippen LogP) is 6.24. The van der Waals surface area contributed by atoms with E-state index >= 15 is 0 Å². The van der Waals surface area contributed by atoms with E-state index in [1.807, 2.05) is 39.2 Å². The van der Waals surface area contributed by atoms with Crippen molar-refractivity contribution in [2.45, 2.75) is 60.8 Å². The third-order valence-electron chi connectivity index (χ3n) is 5.13. The molecule has 1 rings (SSSR count). The van der Waals surface area contributed by atoms with E-state index in [0.717, 1.165) is 53.8 Å². The molecule has 0 saturated carbocycles. The molecule has 0 aliphatic carbocycles. The minimum absolute atomic E-state index is 0.350. The number of aromatic nitrogens is 1. The van der Waals surface area contributed by atoms with Gasteiger partial charge in [-0.05, 0) is 75.5 Å². The van der Waals surface area contributed by atoms with Crippen LogP contribution in [0.15, 0.2) is 52.3 Å². The largest absolute Gasteiger partial charge is 0.478 e. The molecule has 31 heavy (non-hydrogen) atoms. The molecule has 0 fully saturated rings. The van der Waals surface area contributed by atoms with Gasteiger partial charge in [-0.1, -0.05) is 26.3 Å². The number of hydrogen-bond acceptors (Lipinski definition) is 5. The number of aliphatic imine (C=N–C) groups is 1. The third kappa shape index (κ3) is 8.52. The number of hydrogen-bond donors (Lipinski definition) is 2. The fraction of sp³-hybridized carbons (Fsp3) is 0.500. The van der Waals surface area contributed by atoms with Gasteiger partial charge < -0.3 is 20.5 Å². The lowest BCUT2D eigenvalue weighted by Crippen LogP contribution is -2.24. The number of nitrogens with one attached hydrogen (secondary N) is 2. The fourth-order valence-electron chi connectivity index (χ4n) is 3.30. The van der Waals surface area contributed by atoms with Gasteiger partial charge in [0.05, 0.1) is 6.61 Å². The van der Waals surface area contributed by atoms with E-state index in [2.05, 4.69) is 55.1 Å². The fourth-order valence-corrected chi connectivity index (χ4v) is 3.30. The molecule has 1 aromatic heterocycles. The summed E-state index contributed by atoms with van der Waals surface area (Å²) in [5.74, 6) is 0.994. The van der Waals surface area contributed by atoms with Crippen LogP contribution in [0.5, 0.6) is 5.88 Å². The smallest absolute Gasteiger partial charge is 0.220 e. The highest BCUT2D eigenvalue weighted by molar-refractivity contribution is 6.00. The monoisotopic (exact) mass is 424 g/mol. The Labute approximate surface area is 188 Å². The summed E-state index contributed by atoms with van der Waals surface area (Å²) < 4.78 is 5.74. The quantitative estimate of drug-likeness (QED) is 0.291. The average Bonchev–Trinajstić information content (AvgIpc) is 2.75. The van der Waals surface area contributed by atoms with Crippen LogP contribution < -0.4 is 10.1 Å². The van der Waals surface area contributed by atoms with E-state index in [0.29, 0.717) is 24.1 Å². The molecule has 1 atom stereocenters. The van der Waals surface area contributed by atoms with Gasteiger partial charge >= 0.3 is 0 Å². The number of rotatable bonds is 13. The molecular formula is C26H40N4O. The van der Waals surface area contributed by atoms with Gasteiger partial charge in [0, 0.05) is 48.9 Å². The first kappa shape index (κ1) is 26.3. The van der Waals surface area contributed by atoms with E-state index < -0.39 is 0 Å². The van der Waals surface area contributed by atoms with Crippen molar-refractivity contribution in [1.29, 1.82) is 5.41 Å². The van der Waals surface area contributed by atoms with Crippen molar-refractivity contribution in [3.63, 3.8) is 0 Å². The summed E-state index contributed by atoms with van der Waals surface area (Å²) in [6, 6.07) is 3.96. The number of pyridine rings is 1. The first-order valence-corrected chi connectivity index (χ1v) is 11.3. The van der Waals surface area contributed by atoms with Crippen LogP contribution in [0.2, 0.25) is 0 Å². The summed E-state index contributed by atoms with van der Waals surface area (Å²) in [6.45, 7) is 13.7. The minimum atomic E-state index is 0.350. The van der Waals surface area contributed by atoms with Crippen molar-refractivity contribution in [3.05, 3.63) is 52.9 Å². The lowest BCUT2D eigenvalue weighted by Gasteiger charge is -2.18. The normalized spacial score (nSPS) is 14.4. The number of allylic oxidation sites excluding steroid dienone is 5. The zero-order valence-electron chi connectivity index (χ0n) is 20.4. The molecular weight excluding hydrogens is 384 g/mol. The van der Waals surface area contributed by atoms with Gasteiger partial charge in [-0.2, -0.15) is 0 Å². The maximum Gasteiger partial charge on any atom is 0.220 e. The molecule has 0 amide bonds. The molecule has 1 aromatic rings. The SMILES string of the molecule is CCC/C=C(C(C)=N)/C(C)=C(\C=C(/C)c1cccnc1OCC)NCC(C=NC)CC. The highest BCUT2D eigenvalue weighted by Gasteiger charge is 2.12. The Bertz CT molecular complexity index is 834. The van der Waals surface area contributed by atoms with Crippen molar-refractivity contribution in [3.8, 4) is 5.88 Å². The van der Waals surface area contributed by atoms with E-state index in [-0.39, 0.29) is 0 Å². The molecule has 0 aromatic carbocycles. The van der Waals surface area contributed by atoms with Crippen molar-refractivity contribution >= 4 is 17.5 Å². The van der Waals surface area contributed by atoms with E-state index in [9.17, 15) is 0 Å². The second-order valence-corrected chi connectivity index (χ2v) is 7.64. The molecule has 0 saturated heterocycles. The first-order valence-electron chi connectivity index (χ1n) is 11.3. The lowest BCUT2D eigenvalue weighted by molar-refractivity contribution is 0.326. The second kappa shape index (κ2) is 14.3. The van der Waals surface area contributed by atoms with E-state index in [1.54, 1.807) is 6.20 Å². The van der Waals surface area contributed by atoms with Crippen LogP contribution in [0, 0.1) is 11.3 Å². The second-order valence-electron chi connectivity index (χ2n) is 7.64. The van der Waals surface area contributed by atoms with Crippen LogP contribution in [-0.2, 0) is 0 Å². The Hall–Kier alpha value is -2.69. The van der Waals surface area contributed by atoms with Crippen LogP contribution in [0.25, 0.3) is 5.57 Å². The summed E-state index contributed by atoms with van der Waals surface area (Å²) in [4.78, 5) is 8.60. The Morgan fingerprint density at radius 2 is 2.00 bits per heavy atom. The Balaban J connectivity index is 3.48. The third-order valence-corrected chi connectivity index (χ3v) is 5.13. The minimum Gasteiger partial charge on any atom is -0.478 e. The van der Waals surface area contributed by atoms with Gasteiger partial charge in [-0.25, -0.2) is 4.98 Å². The van der Waals surface area contributed by atoms with Crippen LogP contribution in [0.4, 0.5) is 0 Å². The molecule has 0 bridgehead atoms. The molecule has 0 aliphatic heterocycles. The summed E-state index contributed by atoms with van der Waals surface area (Å²) in [5.41, 5.74) is 5.69.